The molecule has 1 N–H and O–H groups in total. The van der Waals surface area contributed by atoms with Crippen molar-refractivity contribution in [1.82, 2.24) is 9.62 Å². The molecule has 162 valence electrons. The summed E-state index contributed by atoms with van der Waals surface area (Å²) in [6.45, 7) is 10.9. The second kappa shape index (κ2) is 9.18. The molecule has 3 rings (SSSR count). The molecule has 0 atom stereocenters. The second-order valence-corrected chi connectivity index (χ2v) is 9.74. The maximum atomic E-state index is 12.6. The van der Waals surface area contributed by atoms with Crippen molar-refractivity contribution in [2.45, 2.75) is 39.0 Å². The predicted molar refractivity (Wildman–Crippen MR) is 120 cm³/mol. The Bertz CT molecular complexity index is 1030. The summed E-state index contributed by atoms with van der Waals surface area (Å²) in [5, 5.41) is 0. The number of nitrogens with zero attached hydrogens (tertiary/aromatic N) is 2. The zero-order valence-electron chi connectivity index (χ0n) is 18.2. The zero-order valence-corrected chi connectivity index (χ0v) is 19.1. The van der Waals surface area contributed by atoms with E-state index in [0.29, 0.717) is 18.7 Å². The number of nitrogens with one attached hydrogen (secondary N) is 1. The zero-order chi connectivity index (χ0) is 21.9. The van der Waals surface area contributed by atoms with Gasteiger partial charge in [-0.05, 0) is 56.5 Å². The molecule has 0 aliphatic carbocycles. The van der Waals surface area contributed by atoms with Crippen LogP contribution in [0.3, 0.4) is 0 Å². The van der Waals surface area contributed by atoms with Crippen molar-refractivity contribution < 1.29 is 13.2 Å². The van der Waals surface area contributed by atoms with E-state index in [1.165, 1.54) is 16.8 Å². The van der Waals surface area contributed by atoms with E-state index in [0.717, 1.165) is 18.7 Å². The predicted octanol–water partition coefficient (Wildman–Crippen LogP) is 2.94. The van der Waals surface area contributed by atoms with E-state index in [1.807, 2.05) is 17.9 Å². The van der Waals surface area contributed by atoms with Gasteiger partial charge in [0.2, 0.25) is 15.9 Å². The third-order valence-corrected chi connectivity index (χ3v) is 7.42. The van der Waals surface area contributed by atoms with Crippen LogP contribution >= 0.6 is 0 Å². The minimum atomic E-state index is -3.62. The number of carbonyl (C=O) groups excluding carboxylic acids is 1. The lowest BCUT2D eigenvalue weighted by Gasteiger charge is -2.37. The highest BCUT2D eigenvalue weighted by atomic mass is 32.2. The Morgan fingerprint density at radius 3 is 2.33 bits per heavy atom. The van der Waals surface area contributed by atoms with Crippen LogP contribution < -0.4 is 9.62 Å². The summed E-state index contributed by atoms with van der Waals surface area (Å²) in [7, 11) is -3.62. The van der Waals surface area contributed by atoms with E-state index >= 15 is 0 Å². The van der Waals surface area contributed by atoms with E-state index in [9.17, 15) is 13.2 Å². The lowest BCUT2D eigenvalue weighted by molar-refractivity contribution is -0.131. The van der Waals surface area contributed by atoms with Gasteiger partial charge in [-0.3, -0.25) is 4.79 Å². The van der Waals surface area contributed by atoms with Crippen LogP contribution in [-0.2, 0) is 14.8 Å². The Morgan fingerprint density at radius 1 is 0.967 bits per heavy atom. The Hall–Kier alpha value is -2.38. The third kappa shape index (κ3) is 5.02. The van der Waals surface area contributed by atoms with Crippen LogP contribution in [0.5, 0.6) is 0 Å². The highest BCUT2D eigenvalue weighted by Gasteiger charge is 2.23. The van der Waals surface area contributed by atoms with Crippen LogP contribution in [0.2, 0.25) is 0 Å². The van der Waals surface area contributed by atoms with Gasteiger partial charge in [0.05, 0.1) is 4.90 Å². The van der Waals surface area contributed by atoms with Crippen molar-refractivity contribution in [2.24, 2.45) is 0 Å². The molecule has 2 aromatic carbocycles. The lowest BCUT2D eigenvalue weighted by Crippen LogP contribution is -2.49. The fourth-order valence-corrected chi connectivity index (χ4v) is 5.16. The topological polar surface area (TPSA) is 69.7 Å². The van der Waals surface area contributed by atoms with Crippen molar-refractivity contribution in [3.8, 4) is 0 Å². The van der Waals surface area contributed by atoms with Gasteiger partial charge in [-0.15, -0.1) is 0 Å². The number of hydrogen-bond acceptors (Lipinski definition) is 4. The monoisotopic (exact) mass is 429 g/mol. The summed E-state index contributed by atoms with van der Waals surface area (Å²) in [5.41, 5.74) is 5.49. The molecule has 30 heavy (non-hydrogen) atoms. The average Bonchev–Trinajstić information content (AvgIpc) is 2.69. The van der Waals surface area contributed by atoms with Gasteiger partial charge in [-0.1, -0.05) is 29.8 Å². The molecule has 0 bridgehead atoms. The normalized spacial score (nSPS) is 14.8. The van der Waals surface area contributed by atoms with Crippen LogP contribution in [0, 0.1) is 27.7 Å². The van der Waals surface area contributed by atoms with Gasteiger partial charge in [0.25, 0.3) is 0 Å². The number of benzene rings is 2. The van der Waals surface area contributed by atoms with E-state index in [1.54, 1.807) is 19.1 Å². The van der Waals surface area contributed by atoms with Gasteiger partial charge in [0.1, 0.15) is 0 Å². The summed E-state index contributed by atoms with van der Waals surface area (Å²) >= 11 is 0. The highest BCUT2D eigenvalue weighted by Crippen LogP contribution is 2.24. The number of sulfonamides is 1. The molecule has 2 aromatic rings. The van der Waals surface area contributed by atoms with Crippen LogP contribution in [0.15, 0.2) is 41.3 Å². The van der Waals surface area contributed by atoms with Gasteiger partial charge in [-0.25, -0.2) is 13.1 Å². The van der Waals surface area contributed by atoms with E-state index in [2.05, 4.69) is 41.7 Å². The largest absolute Gasteiger partial charge is 0.368 e. The Labute approximate surface area is 179 Å². The standard InChI is InChI=1S/C23H31N3O3S/c1-17-8-9-22(19(3)16-17)30(28,29)24-11-10-23(27)26-14-12-25(13-15-26)21-7-5-6-18(2)20(21)4/h5-9,16,24H,10-15H2,1-4H3. The third-order valence-electron chi connectivity index (χ3n) is 5.80. The Kier molecular flexibility index (Phi) is 6.83. The minimum Gasteiger partial charge on any atom is -0.368 e. The molecule has 0 radical (unpaired) electrons. The van der Waals surface area contributed by atoms with Crippen LogP contribution in [0.1, 0.15) is 28.7 Å². The maximum Gasteiger partial charge on any atom is 0.240 e. The summed E-state index contributed by atoms with van der Waals surface area (Å²) in [5.74, 6) is -0.0149. The van der Waals surface area contributed by atoms with Crippen molar-refractivity contribution in [2.75, 3.05) is 37.6 Å². The van der Waals surface area contributed by atoms with Crippen molar-refractivity contribution in [1.29, 1.82) is 0 Å². The molecule has 0 saturated carbocycles. The number of aryl methyl sites for hydroxylation is 3. The van der Waals surface area contributed by atoms with E-state index in [4.69, 9.17) is 0 Å². The van der Waals surface area contributed by atoms with Crippen LogP contribution in [0.4, 0.5) is 5.69 Å². The van der Waals surface area contributed by atoms with Gasteiger partial charge in [-0.2, -0.15) is 0 Å². The number of rotatable bonds is 6. The van der Waals surface area contributed by atoms with Gasteiger partial charge in [0.15, 0.2) is 0 Å². The molecule has 1 amide bonds. The molecule has 1 saturated heterocycles. The van der Waals surface area contributed by atoms with E-state index in [-0.39, 0.29) is 23.8 Å². The van der Waals surface area contributed by atoms with Crippen molar-refractivity contribution in [3.05, 3.63) is 58.7 Å². The van der Waals surface area contributed by atoms with Crippen molar-refractivity contribution >= 4 is 21.6 Å². The number of piperazine rings is 1. The van der Waals surface area contributed by atoms with Crippen LogP contribution in [0.25, 0.3) is 0 Å². The Balaban J connectivity index is 1.51. The fraction of sp³-hybridized carbons (Fsp3) is 0.435. The first-order valence-electron chi connectivity index (χ1n) is 10.3. The molecule has 0 unspecified atom stereocenters. The number of hydrogen-bond donors (Lipinski definition) is 1. The molecular formula is C23H31N3O3S. The quantitative estimate of drug-likeness (QED) is 0.767. The summed E-state index contributed by atoms with van der Waals surface area (Å²) in [6, 6.07) is 11.5. The Morgan fingerprint density at radius 2 is 1.67 bits per heavy atom. The molecular weight excluding hydrogens is 398 g/mol. The average molecular weight is 430 g/mol. The highest BCUT2D eigenvalue weighted by molar-refractivity contribution is 7.89. The first-order chi connectivity index (χ1) is 14.2. The molecule has 1 aliphatic heterocycles. The van der Waals surface area contributed by atoms with Gasteiger partial charge < -0.3 is 9.80 Å². The SMILES string of the molecule is Cc1ccc(S(=O)(=O)NCCC(=O)N2CCN(c3cccc(C)c3C)CC2)c(C)c1. The number of amides is 1. The molecule has 1 heterocycles. The first kappa shape index (κ1) is 22.3. The molecule has 7 heteroatoms. The van der Waals surface area contributed by atoms with E-state index < -0.39 is 10.0 Å². The first-order valence-corrected chi connectivity index (χ1v) is 11.8. The summed E-state index contributed by atoms with van der Waals surface area (Å²) in [6.07, 6.45) is 0.160. The minimum absolute atomic E-state index is 0.0149. The molecule has 1 fully saturated rings. The maximum absolute atomic E-state index is 12.6. The van der Waals surface area contributed by atoms with Gasteiger partial charge in [0, 0.05) is 44.8 Å². The smallest absolute Gasteiger partial charge is 0.240 e. The molecule has 6 nitrogen and oxygen atoms in total. The molecule has 1 aliphatic rings. The van der Waals surface area contributed by atoms with Crippen LogP contribution in [-0.4, -0.2) is 51.9 Å². The molecule has 0 aromatic heterocycles. The summed E-state index contributed by atoms with van der Waals surface area (Å²) in [4.78, 5) is 17.0. The number of anilines is 1. The van der Waals surface area contributed by atoms with Gasteiger partial charge >= 0.3 is 0 Å². The van der Waals surface area contributed by atoms with Crippen molar-refractivity contribution in [3.63, 3.8) is 0 Å². The lowest BCUT2D eigenvalue weighted by atomic mass is 10.1. The molecule has 0 spiro atoms. The summed E-state index contributed by atoms with van der Waals surface area (Å²) < 4.78 is 27.6. The second-order valence-electron chi connectivity index (χ2n) is 8.00. The number of carbonyl (C=O) groups is 1. The fourth-order valence-electron chi connectivity index (χ4n) is 3.90.